The predicted octanol–water partition coefficient (Wildman–Crippen LogP) is 11.7. The van der Waals surface area contributed by atoms with Gasteiger partial charge in [0.2, 0.25) is 0 Å². The van der Waals surface area contributed by atoms with Crippen molar-refractivity contribution in [3.05, 3.63) is 207 Å². The Morgan fingerprint density at radius 1 is 0.456 bits per heavy atom. The fourth-order valence-corrected chi connectivity index (χ4v) is 7.70. The number of imidazole rings is 1. The van der Waals surface area contributed by atoms with E-state index in [4.69, 9.17) is 4.98 Å². The molecule has 9 aromatic rings. The molecule has 0 bridgehead atoms. The largest absolute Gasteiger partial charge is 0.387 e. The van der Waals surface area contributed by atoms with Crippen molar-refractivity contribution in [1.82, 2.24) is 29.8 Å². The first-order chi connectivity index (χ1) is 28.2. The molecule has 0 radical (unpaired) electrons. The molecule has 270 valence electrons. The van der Waals surface area contributed by atoms with E-state index in [1.165, 1.54) is 0 Å². The number of benzene rings is 5. The standard InChI is InChI=1S/C51H36N6/c1-2-14-46(15-3-1)57-50-17-5-4-16-49(50)56-51(57)48-30-35(40-24-41(36-10-6-20-52-31-36)26-42(25-40)37-11-7-21-53-32-37)18-19-47(48)45-28-43(38-12-8-22-54-33-38)27-44(29-45)39-13-9-23-55-34-39/h1-20,22-34,53H,21H2. The van der Waals surface area contributed by atoms with Gasteiger partial charge in [-0.15, -0.1) is 0 Å². The topological polar surface area (TPSA) is 68.5 Å². The molecule has 4 aromatic heterocycles. The summed E-state index contributed by atoms with van der Waals surface area (Å²) in [6, 6.07) is 51.5. The van der Waals surface area contributed by atoms with Crippen LogP contribution < -0.4 is 5.32 Å². The van der Waals surface area contributed by atoms with E-state index in [1.807, 2.05) is 55.4 Å². The van der Waals surface area contributed by atoms with Crippen molar-refractivity contribution in [3.63, 3.8) is 0 Å². The highest BCUT2D eigenvalue weighted by Crippen LogP contribution is 2.42. The molecule has 0 unspecified atom stereocenters. The Morgan fingerprint density at radius 3 is 1.63 bits per heavy atom. The number of dihydropyridines is 1. The third-order valence-corrected chi connectivity index (χ3v) is 10.5. The minimum Gasteiger partial charge on any atom is -0.387 e. The molecule has 1 aliphatic rings. The van der Waals surface area contributed by atoms with E-state index >= 15 is 0 Å². The number of aromatic nitrogens is 5. The molecule has 0 fully saturated rings. The highest BCUT2D eigenvalue weighted by molar-refractivity contribution is 5.93. The molecule has 0 saturated heterocycles. The molecule has 5 aromatic carbocycles. The van der Waals surface area contributed by atoms with Crippen LogP contribution in [-0.4, -0.2) is 31.0 Å². The summed E-state index contributed by atoms with van der Waals surface area (Å²) in [5.41, 5.74) is 17.0. The van der Waals surface area contributed by atoms with Crippen molar-refractivity contribution in [3.8, 4) is 72.7 Å². The van der Waals surface area contributed by atoms with E-state index in [9.17, 15) is 0 Å². The van der Waals surface area contributed by atoms with Gasteiger partial charge in [-0.3, -0.25) is 19.5 Å². The van der Waals surface area contributed by atoms with Gasteiger partial charge in [-0.05, 0) is 135 Å². The van der Waals surface area contributed by atoms with Crippen molar-refractivity contribution >= 4 is 16.6 Å². The number of para-hydroxylation sites is 3. The van der Waals surface area contributed by atoms with Crippen LogP contribution in [0.25, 0.3) is 89.3 Å². The number of nitrogens with one attached hydrogen (secondary N) is 1. The Morgan fingerprint density at radius 2 is 1.04 bits per heavy atom. The highest BCUT2D eigenvalue weighted by Gasteiger charge is 2.21. The molecule has 0 aliphatic carbocycles. The average molecular weight is 733 g/mol. The maximum Gasteiger partial charge on any atom is 0.146 e. The zero-order chi connectivity index (χ0) is 38.0. The molecule has 6 nitrogen and oxygen atoms in total. The molecule has 5 heterocycles. The Balaban J connectivity index is 1.25. The van der Waals surface area contributed by atoms with Gasteiger partial charge in [0.05, 0.1) is 11.0 Å². The summed E-state index contributed by atoms with van der Waals surface area (Å²) in [5.74, 6) is 0.861. The zero-order valence-corrected chi connectivity index (χ0v) is 31.0. The van der Waals surface area contributed by atoms with Crippen LogP contribution in [0.5, 0.6) is 0 Å². The molecule has 6 heteroatoms. The van der Waals surface area contributed by atoms with Crippen molar-refractivity contribution < 1.29 is 0 Å². The van der Waals surface area contributed by atoms with E-state index in [-0.39, 0.29) is 0 Å². The molecule has 0 atom stereocenters. The summed E-state index contributed by atoms with van der Waals surface area (Å²) in [6.45, 7) is 0.816. The zero-order valence-electron chi connectivity index (χ0n) is 31.0. The van der Waals surface area contributed by atoms with Crippen molar-refractivity contribution in [1.29, 1.82) is 0 Å². The van der Waals surface area contributed by atoms with Crippen LogP contribution >= 0.6 is 0 Å². The fourth-order valence-electron chi connectivity index (χ4n) is 7.70. The normalized spacial score (nSPS) is 12.3. The second-order valence-corrected chi connectivity index (χ2v) is 14.1. The molecule has 0 amide bonds. The number of rotatable bonds is 8. The minimum absolute atomic E-state index is 0.816. The quantitative estimate of drug-likeness (QED) is 0.168. The van der Waals surface area contributed by atoms with E-state index in [0.29, 0.717) is 0 Å². The predicted molar refractivity (Wildman–Crippen MR) is 232 cm³/mol. The number of allylic oxidation sites excluding steroid dienone is 2. The lowest BCUT2D eigenvalue weighted by Gasteiger charge is -2.18. The maximum absolute atomic E-state index is 5.41. The van der Waals surface area contributed by atoms with Gasteiger partial charge in [0.15, 0.2) is 0 Å². The molecular formula is C51H36N6. The Kier molecular flexibility index (Phi) is 8.82. The first-order valence-electron chi connectivity index (χ1n) is 19.1. The maximum atomic E-state index is 5.41. The van der Waals surface area contributed by atoms with E-state index < -0.39 is 0 Å². The van der Waals surface area contributed by atoms with Crippen LogP contribution in [0.4, 0.5) is 0 Å². The Labute approximate surface area is 331 Å². The monoisotopic (exact) mass is 732 g/mol. The molecule has 57 heavy (non-hydrogen) atoms. The van der Waals surface area contributed by atoms with Gasteiger partial charge in [-0.25, -0.2) is 4.98 Å². The van der Waals surface area contributed by atoms with Crippen molar-refractivity contribution in [2.75, 3.05) is 6.54 Å². The van der Waals surface area contributed by atoms with Gasteiger partial charge in [-0.1, -0.05) is 72.8 Å². The lowest BCUT2D eigenvalue weighted by molar-refractivity contribution is 0.976. The fraction of sp³-hybridized carbons (Fsp3) is 0.0196. The van der Waals surface area contributed by atoms with Gasteiger partial charge in [0.1, 0.15) is 5.82 Å². The molecule has 10 rings (SSSR count). The average Bonchev–Trinajstić information content (AvgIpc) is 3.70. The van der Waals surface area contributed by atoms with Gasteiger partial charge in [0, 0.05) is 77.9 Å². The summed E-state index contributed by atoms with van der Waals surface area (Å²) in [4.78, 5) is 18.8. The molecular weight excluding hydrogens is 697 g/mol. The number of hydrogen-bond acceptors (Lipinski definition) is 5. The van der Waals surface area contributed by atoms with Crippen LogP contribution in [0.15, 0.2) is 201 Å². The third-order valence-electron chi connectivity index (χ3n) is 10.5. The second-order valence-electron chi connectivity index (χ2n) is 14.1. The van der Waals surface area contributed by atoms with Crippen LogP contribution in [0.3, 0.4) is 0 Å². The summed E-state index contributed by atoms with van der Waals surface area (Å²) < 4.78 is 2.28. The first-order valence-corrected chi connectivity index (χ1v) is 19.1. The van der Waals surface area contributed by atoms with Crippen molar-refractivity contribution in [2.45, 2.75) is 0 Å². The van der Waals surface area contributed by atoms with E-state index in [0.717, 1.165) is 101 Å². The van der Waals surface area contributed by atoms with Crippen molar-refractivity contribution in [2.24, 2.45) is 0 Å². The molecule has 1 aliphatic heterocycles. The smallest absolute Gasteiger partial charge is 0.146 e. The molecule has 0 spiro atoms. The number of fused-ring (bicyclic) bond motifs is 1. The summed E-state index contributed by atoms with van der Waals surface area (Å²) in [5, 5.41) is 3.40. The minimum atomic E-state index is 0.816. The van der Waals surface area contributed by atoms with E-state index in [1.54, 1.807) is 0 Å². The third kappa shape index (κ3) is 6.70. The number of hydrogen-bond donors (Lipinski definition) is 1. The summed E-state index contributed by atoms with van der Waals surface area (Å²) in [7, 11) is 0. The molecule has 1 N–H and O–H groups in total. The van der Waals surface area contributed by atoms with Crippen LogP contribution in [0.1, 0.15) is 5.56 Å². The number of nitrogens with zero attached hydrogens (tertiary/aromatic N) is 5. The molecule has 0 saturated carbocycles. The number of pyridine rings is 3. The van der Waals surface area contributed by atoms with Crippen LogP contribution in [0.2, 0.25) is 0 Å². The van der Waals surface area contributed by atoms with Gasteiger partial charge in [-0.2, -0.15) is 0 Å². The van der Waals surface area contributed by atoms with Gasteiger partial charge >= 0.3 is 0 Å². The first kappa shape index (κ1) is 33.8. The summed E-state index contributed by atoms with van der Waals surface area (Å²) >= 11 is 0. The van der Waals surface area contributed by atoms with Crippen LogP contribution in [-0.2, 0) is 0 Å². The highest BCUT2D eigenvalue weighted by atomic mass is 15.1. The lowest BCUT2D eigenvalue weighted by atomic mass is 9.89. The van der Waals surface area contributed by atoms with Gasteiger partial charge in [0.25, 0.3) is 0 Å². The Bertz CT molecular complexity index is 2880. The second kappa shape index (κ2) is 14.9. The SMILES string of the molecule is C1=CC(c2cc(-c3cccnc3)cc(-c3ccc(-c4cc(-c5cccnc5)cc(-c5cccnc5)c4)c(-c4nc5ccccc5n4-c4ccccc4)c3)c2)=CNC1. The summed E-state index contributed by atoms with van der Waals surface area (Å²) in [6.07, 6.45) is 17.7. The Hall–Kier alpha value is -7.70. The van der Waals surface area contributed by atoms with E-state index in [2.05, 4.69) is 171 Å². The lowest BCUT2D eigenvalue weighted by Crippen LogP contribution is -2.08. The van der Waals surface area contributed by atoms with Crippen LogP contribution in [0, 0.1) is 0 Å². The van der Waals surface area contributed by atoms with Gasteiger partial charge < -0.3 is 5.32 Å².